The third-order valence-electron chi connectivity index (χ3n) is 5.31. The van der Waals surface area contributed by atoms with Gasteiger partial charge in [0.1, 0.15) is 12.3 Å². The fourth-order valence-electron chi connectivity index (χ4n) is 3.41. The minimum atomic E-state index is -0.554. The van der Waals surface area contributed by atoms with Gasteiger partial charge in [-0.1, -0.05) is 36.4 Å². The third kappa shape index (κ3) is 7.13. The molecule has 10 nitrogen and oxygen atoms in total. The van der Waals surface area contributed by atoms with Crippen molar-refractivity contribution in [2.24, 2.45) is 0 Å². The van der Waals surface area contributed by atoms with Crippen LogP contribution in [-0.2, 0) is 16.1 Å². The summed E-state index contributed by atoms with van der Waals surface area (Å²) in [5.74, 6) is -0.891. The molecule has 186 valence electrons. The minimum absolute atomic E-state index is 0.0910. The molecule has 0 fully saturated rings. The lowest BCUT2D eigenvalue weighted by Gasteiger charge is -2.22. The molecule has 3 rings (SSSR count). The molecular formula is C26H26N4O6. The van der Waals surface area contributed by atoms with Crippen molar-refractivity contribution in [3.63, 3.8) is 0 Å². The number of hydrogen-bond acceptors (Lipinski definition) is 6. The highest BCUT2D eigenvalue weighted by Gasteiger charge is 2.22. The van der Waals surface area contributed by atoms with E-state index in [4.69, 9.17) is 4.74 Å². The summed E-state index contributed by atoms with van der Waals surface area (Å²) in [6.07, 6.45) is 0. The van der Waals surface area contributed by atoms with E-state index >= 15 is 0 Å². The third-order valence-corrected chi connectivity index (χ3v) is 5.31. The number of amides is 3. The summed E-state index contributed by atoms with van der Waals surface area (Å²) in [6.45, 7) is 1.05. The van der Waals surface area contributed by atoms with Crippen LogP contribution in [0.25, 0.3) is 0 Å². The van der Waals surface area contributed by atoms with Crippen LogP contribution in [0.3, 0.4) is 0 Å². The largest absolute Gasteiger partial charge is 0.497 e. The normalized spacial score (nSPS) is 10.3. The van der Waals surface area contributed by atoms with Gasteiger partial charge in [0, 0.05) is 29.4 Å². The van der Waals surface area contributed by atoms with Crippen LogP contribution in [0.5, 0.6) is 5.75 Å². The van der Waals surface area contributed by atoms with Gasteiger partial charge in [-0.2, -0.15) is 0 Å². The predicted octanol–water partition coefficient (Wildman–Crippen LogP) is 3.31. The van der Waals surface area contributed by atoms with Gasteiger partial charge < -0.3 is 20.3 Å². The Labute approximate surface area is 208 Å². The van der Waals surface area contributed by atoms with E-state index in [0.717, 1.165) is 5.56 Å². The van der Waals surface area contributed by atoms with Crippen LogP contribution < -0.4 is 15.4 Å². The van der Waals surface area contributed by atoms with Gasteiger partial charge >= 0.3 is 0 Å². The molecule has 0 unspecified atom stereocenters. The van der Waals surface area contributed by atoms with Crippen molar-refractivity contribution >= 4 is 29.1 Å². The maximum absolute atomic E-state index is 13.2. The monoisotopic (exact) mass is 490 g/mol. The Hall–Kier alpha value is -4.73. The summed E-state index contributed by atoms with van der Waals surface area (Å²) in [7, 11) is 1.54. The molecule has 3 aromatic carbocycles. The first-order chi connectivity index (χ1) is 17.3. The Kier molecular flexibility index (Phi) is 8.71. The van der Waals surface area contributed by atoms with Gasteiger partial charge in [0.2, 0.25) is 11.8 Å². The maximum atomic E-state index is 13.2. The van der Waals surface area contributed by atoms with Gasteiger partial charge in [0.25, 0.3) is 11.6 Å². The van der Waals surface area contributed by atoms with E-state index in [9.17, 15) is 24.5 Å². The lowest BCUT2D eigenvalue weighted by atomic mass is 10.1. The molecule has 0 aliphatic carbocycles. The molecule has 0 radical (unpaired) electrons. The number of nitrogens with zero attached hydrogens (tertiary/aromatic N) is 2. The van der Waals surface area contributed by atoms with E-state index in [1.807, 2.05) is 6.07 Å². The van der Waals surface area contributed by atoms with Gasteiger partial charge in [0.15, 0.2) is 0 Å². The van der Waals surface area contributed by atoms with Gasteiger partial charge in [-0.3, -0.25) is 24.5 Å². The summed E-state index contributed by atoms with van der Waals surface area (Å²) < 4.78 is 5.07. The number of carbonyl (C=O) groups is 3. The number of rotatable bonds is 10. The Morgan fingerprint density at radius 3 is 2.31 bits per heavy atom. The molecule has 0 saturated heterocycles. The highest BCUT2D eigenvalue weighted by atomic mass is 16.6. The molecule has 0 atom stereocenters. The standard InChI is InChI=1S/C26H26N4O6/c1-18-8-9-20(14-23(18)30(34)35)26(33)29(16-19-6-4-3-5-7-19)17-25(32)27-15-24(31)28-21-10-12-22(36-2)13-11-21/h3-14H,15-17H2,1-2H3,(H,27,32)(H,28,31). The van der Waals surface area contributed by atoms with Crippen molar-refractivity contribution in [2.75, 3.05) is 25.5 Å². The fourth-order valence-corrected chi connectivity index (χ4v) is 3.41. The molecule has 0 aromatic heterocycles. The number of anilines is 1. The molecule has 2 N–H and O–H groups in total. The van der Waals surface area contributed by atoms with Gasteiger partial charge in [-0.25, -0.2) is 0 Å². The number of aryl methyl sites for hydroxylation is 1. The molecule has 0 saturated carbocycles. The van der Waals surface area contributed by atoms with Crippen LogP contribution in [0.15, 0.2) is 72.8 Å². The van der Waals surface area contributed by atoms with Crippen LogP contribution in [-0.4, -0.2) is 47.7 Å². The molecule has 0 aliphatic heterocycles. The first-order valence-electron chi connectivity index (χ1n) is 11.1. The van der Waals surface area contributed by atoms with Gasteiger partial charge in [0.05, 0.1) is 18.6 Å². The zero-order valence-electron chi connectivity index (χ0n) is 19.9. The summed E-state index contributed by atoms with van der Waals surface area (Å²) in [4.78, 5) is 50.2. The molecule has 0 heterocycles. The van der Waals surface area contributed by atoms with E-state index in [0.29, 0.717) is 17.0 Å². The second-order valence-electron chi connectivity index (χ2n) is 7.96. The number of nitrogens with one attached hydrogen (secondary N) is 2. The van der Waals surface area contributed by atoms with E-state index in [-0.39, 0.29) is 30.9 Å². The molecule has 0 spiro atoms. The van der Waals surface area contributed by atoms with Crippen molar-refractivity contribution in [1.82, 2.24) is 10.2 Å². The van der Waals surface area contributed by atoms with E-state index in [1.165, 1.54) is 30.2 Å². The predicted molar refractivity (Wildman–Crippen MR) is 134 cm³/mol. The molecule has 0 aliphatic rings. The number of benzene rings is 3. The minimum Gasteiger partial charge on any atom is -0.497 e. The summed E-state index contributed by atoms with van der Waals surface area (Å²) in [6, 6.07) is 19.9. The Morgan fingerprint density at radius 1 is 0.972 bits per heavy atom. The zero-order chi connectivity index (χ0) is 26.1. The molecule has 3 amide bonds. The Morgan fingerprint density at radius 2 is 1.67 bits per heavy atom. The van der Waals surface area contributed by atoms with Crippen molar-refractivity contribution in [3.05, 3.63) is 99.6 Å². The fraction of sp³-hybridized carbons (Fsp3) is 0.192. The molecule has 0 bridgehead atoms. The van der Waals surface area contributed by atoms with Crippen molar-refractivity contribution in [3.8, 4) is 5.75 Å². The SMILES string of the molecule is COc1ccc(NC(=O)CNC(=O)CN(Cc2ccccc2)C(=O)c2ccc(C)c([N+](=O)[O-])c2)cc1. The lowest BCUT2D eigenvalue weighted by Crippen LogP contribution is -2.42. The van der Waals surface area contributed by atoms with E-state index in [2.05, 4.69) is 10.6 Å². The Bertz CT molecular complexity index is 1250. The summed E-state index contributed by atoms with van der Waals surface area (Å²) in [5.41, 5.74) is 1.65. The van der Waals surface area contributed by atoms with Crippen molar-refractivity contribution < 1.29 is 24.0 Å². The second-order valence-corrected chi connectivity index (χ2v) is 7.96. The average Bonchev–Trinajstić information content (AvgIpc) is 2.88. The Balaban J connectivity index is 1.68. The summed E-state index contributed by atoms with van der Waals surface area (Å²) in [5, 5.41) is 16.5. The van der Waals surface area contributed by atoms with Gasteiger partial charge in [-0.05, 0) is 42.8 Å². The van der Waals surface area contributed by atoms with Crippen LogP contribution in [0.4, 0.5) is 11.4 Å². The average molecular weight is 491 g/mol. The number of hydrogen-bond donors (Lipinski definition) is 2. The van der Waals surface area contributed by atoms with Gasteiger partial charge in [-0.15, -0.1) is 0 Å². The number of nitro groups is 1. The zero-order valence-corrected chi connectivity index (χ0v) is 19.9. The van der Waals surface area contributed by atoms with Crippen LogP contribution >= 0.6 is 0 Å². The van der Waals surface area contributed by atoms with Crippen molar-refractivity contribution in [1.29, 1.82) is 0 Å². The number of methoxy groups -OCH3 is 1. The maximum Gasteiger partial charge on any atom is 0.273 e. The molecule has 3 aromatic rings. The van der Waals surface area contributed by atoms with E-state index < -0.39 is 22.6 Å². The highest BCUT2D eigenvalue weighted by Crippen LogP contribution is 2.21. The van der Waals surface area contributed by atoms with Crippen LogP contribution in [0.1, 0.15) is 21.5 Å². The number of carbonyl (C=O) groups excluding carboxylic acids is 3. The first-order valence-corrected chi connectivity index (χ1v) is 11.1. The molecule has 10 heteroatoms. The first kappa shape index (κ1) is 25.9. The van der Waals surface area contributed by atoms with Crippen molar-refractivity contribution in [2.45, 2.75) is 13.5 Å². The second kappa shape index (κ2) is 12.1. The number of nitro benzene ring substituents is 1. The topological polar surface area (TPSA) is 131 Å². The van der Waals surface area contributed by atoms with Crippen LogP contribution in [0, 0.1) is 17.0 Å². The van der Waals surface area contributed by atoms with E-state index in [1.54, 1.807) is 55.5 Å². The highest BCUT2D eigenvalue weighted by molar-refractivity contribution is 5.98. The molecular weight excluding hydrogens is 464 g/mol. The lowest BCUT2D eigenvalue weighted by molar-refractivity contribution is -0.385. The summed E-state index contributed by atoms with van der Waals surface area (Å²) >= 11 is 0. The quantitative estimate of drug-likeness (QED) is 0.331. The molecule has 36 heavy (non-hydrogen) atoms. The smallest absolute Gasteiger partial charge is 0.273 e. The number of ether oxygens (including phenoxy) is 1. The van der Waals surface area contributed by atoms with Crippen LogP contribution in [0.2, 0.25) is 0 Å².